The van der Waals surface area contributed by atoms with Gasteiger partial charge in [0.1, 0.15) is 10.8 Å². The molecule has 19 heavy (non-hydrogen) atoms. The second-order valence-electron chi connectivity index (χ2n) is 3.61. The number of hydrogen-bond acceptors (Lipinski definition) is 5. The first kappa shape index (κ1) is 13.9. The fourth-order valence-corrected chi connectivity index (χ4v) is 2.69. The van der Waals surface area contributed by atoms with Gasteiger partial charge in [-0.25, -0.2) is 4.98 Å². The lowest BCUT2D eigenvalue weighted by atomic mass is 10.3. The molecule has 1 atom stereocenters. The summed E-state index contributed by atoms with van der Waals surface area (Å²) < 4.78 is 6.11. The number of aromatic nitrogens is 1. The average molecular weight is 346 g/mol. The molecule has 0 radical (unpaired) electrons. The molecule has 0 spiro atoms. The zero-order chi connectivity index (χ0) is 14.0. The average Bonchev–Trinajstić information content (AvgIpc) is 2.71. The number of hydrogen-bond donors (Lipinski definition) is 2. The highest BCUT2D eigenvalue weighted by Crippen LogP contribution is 2.31. The molecule has 0 fully saturated rings. The van der Waals surface area contributed by atoms with E-state index in [1.165, 1.54) is 0 Å². The maximum absolute atomic E-state index is 11.0. The lowest BCUT2D eigenvalue weighted by Gasteiger charge is -2.05. The molecule has 1 unspecified atom stereocenters. The van der Waals surface area contributed by atoms with Crippen LogP contribution in [0.25, 0.3) is 11.1 Å². The Bertz CT molecular complexity index is 641. The third-order valence-electron chi connectivity index (χ3n) is 2.23. The second kappa shape index (κ2) is 5.62. The van der Waals surface area contributed by atoms with Gasteiger partial charge < -0.3 is 14.6 Å². The molecule has 2 rings (SSSR count). The largest absolute Gasteiger partial charge is 0.481 e. The minimum atomic E-state index is -1.21. The highest BCUT2D eigenvalue weighted by molar-refractivity contribution is 9.10. The molecule has 8 heteroatoms. The summed E-state index contributed by atoms with van der Waals surface area (Å²) in [5, 5.41) is 16.6. The Balaban J connectivity index is 2.26. The lowest BCUT2D eigenvalue weighted by molar-refractivity contribution is -0.142. The van der Waals surface area contributed by atoms with E-state index in [9.17, 15) is 9.59 Å². The highest BCUT2D eigenvalue weighted by Gasteiger charge is 2.25. The van der Waals surface area contributed by atoms with Gasteiger partial charge in [0.25, 0.3) is 5.22 Å². The molecule has 0 saturated carbocycles. The summed E-state index contributed by atoms with van der Waals surface area (Å²) >= 11 is 4.07. The van der Waals surface area contributed by atoms with Crippen molar-refractivity contribution < 1.29 is 24.2 Å². The maximum Gasteiger partial charge on any atom is 0.317 e. The van der Waals surface area contributed by atoms with Crippen LogP contribution in [0, 0.1) is 0 Å². The number of benzene rings is 1. The fraction of sp³-hybridized carbons (Fsp3) is 0.182. The molecule has 2 N–H and O–H groups in total. The summed E-state index contributed by atoms with van der Waals surface area (Å²) in [4.78, 5) is 25.7. The minimum absolute atomic E-state index is 0.135. The van der Waals surface area contributed by atoms with Crippen LogP contribution in [0.15, 0.2) is 32.3 Å². The van der Waals surface area contributed by atoms with Crippen molar-refractivity contribution >= 4 is 50.7 Å². The summed E-state index contributed by atoms with van der Waals surface area (Å²) in [6.45, 7) is 0. The number of para-hydroxylation sites is 1. The normalized spacial score (nSPS) is 12.5. The molecule has 0 saturated heterocycles. The molecule has 0 aliphatic heterocycles. The molecule has 100 valence electrons. The van der Waals surface area contributed by atoms with Crippen LogP contribution in [-0.2, 0) is 9.59 Å². The quantitative estimate of drug-likeness (QED) is 0.803. The third-order valence-corrected chi connectivity index (χ3v) is 3.88. The molecule has 0 aliphatic rings. The first-order chi connectivity index (χ1) is 8.97. The molecule has 1 aromatic heterocycles. The van der Waals surface area contributed by atoms with Crippen LogP contribution in [0.3, 0.4) is 0 Å². The number of oxazole rings is 1. The highest BCUT2D eigenvalue weighted by atomic mass is 79.9. The van der Waals surface area contributed by atoms with E-state index >= 15 is 0 Å². The number of carbonyl (C=O) groups is 2. The Labute approximate surface area is 119 Å². The number of aliphatic carboxylic acids is 2. The standard InChI is InChI=1S/C11H8BrNO5S/c12-5-2-1-3-6-9(5)18-11(13-6)19-7(10(16)17)4-8(14)15/h1-3,7H,4H2,(H,14,15)(H,16,17). The van der Waals surface area contributed by atoms with Crippen LogP contribution in [-0.4, -0.2) is 32.4 Å². The molecule has 0 amide bonds. The van der Waals surface area contributed by atoms with Gasteiger partial charge in [-0.1, -0.05) is 17.8 Å². The lowest BCUT2D eigenvalue weighted by Crippen LogP contribution is -2.20. The topological polar surface area (TPSA) is 101 Å². The second-order valence-corrected chi connectivity index (χ2v) is 5.62. The van der Waals surface area contributed by atoms with Crippen molar-refractivity contribution in [2.75, 3.05) is 0 Å². The molecule has 0 bridgehead atoms. The van der Waals surface area contributed by atoms with Crippen LogP contribution in [0.2, 0.25) is 0 Å². The minimum Gasteiger partial charge on any atom is -0.481 e. The smallest absolute Gasteiger partial charge is 0.317 e. The first-order valence-electron chi connectivity index (χ1n) is 5.13. The van der Waals surface area contributed by atoms with Gasteiger partial charge in [0.15, 0.2) is 5.58 Å². The van der Waals surface area contributed by atoms with Gasteiger partial charge in [-0.2, -0.15) is 0 Å². The number of thioether (sulfide) groups is 1. The predicted molar refractivity (Wildman–Crippen MR) is 71.2 cm³/mol. The zero-order valence-electron chi connectivity index (χ0n) is 9.37. The number of rotatable bonds is 5. The van der Waals surface area contributed by atoms with Crippen molar-refractivity contribution in [2.24, 2.45) is 0 Å². The Hall–Kier alpha value is -1.54. The Morgan fingerprint density at radius 1 is 1.42 bits per heavy atom. The van der Waals surface area contributed by atoms with Crippen LogP contribution in [0.1, 0.15) is 6.42 Å². The molecular formula is C11H8BrNO5S. The Morgan fingerprint density at radius 3 is 2.74 bits per heavy atom. The van der Waals surface area contributed by atoms with E-state index in [1.54, 1.807) is 18.2 Å². The third kappa shape index (κ3) is 3.27. The molecular weight excluding hydrogens is 338 g/mol. The predicted octanol–water partition coefficient (Wildman–Crippen LogP) is 2.61. The summed E-state index contributed by atoms with van der Waals surface area (Å²) in [6.07, 6.45) is -0.500. The molecule has 1 aromatic carbocycles. The summed E-state index contributed by atoms with van der Waals surface area (Å²) in [5.41, 5.74) is 1.08. The molecule has 6 nitrogen and oxygen atoms in total. The number of carboxylic acids is 2. The van der Waals surface area contributed by atoms with E-state index in [0.29, 0.717) is 15.6 Å². The number of fused-ring (bicyclic) bond motifs is 1. The van der Waals surface area contributed by atoms with Gasteiger partial charge in [0, 0.05) is 0 Å². The number of nitrogens with zero attached hydrogens (tertiary/aromatic N) is 1. The summed E-state index contributed by atoms with van der Waals surface area (Å²) in [6, 6.07) is 5.27. The van der Waals surface area contributed by atoms with Gasteiger partial charge >= 0.3 is 11.9 Å². The van der Waals surface area contributed by atoms with Gasteiger partial charge in [-0.15, -0.1) is 0 Å². The van der Waals surface area contributed by atoms with Crippen LogP contribution >= 0.6 is 27.7 Å². The van der Waals surface area contributed by atoms with Gasteiger partial charge in [0.2, 0.25) is 0 Å². The van der Waals surface area contributed by atoms with Crippen LogP contribution < -0.4 is 0 Å². The van der Waals surface area contributed by atoms with Crippen LogP contribution in [0.5, 0.6) is 0 Å². The van der Waals surface area contributed by atoms with Gasteiger partial charge in [-0.05, 0) is 28.1 Å². The van der Waals surface area contributed by atoms with Crippen molar-refractivity contribution in [3.63, 3.8) is 0 Å². The molecule has 2 aromatic rings. The zero-order valence-corrected chi connectivity index (χ0v) is 11.8. The molecule has 1 heterocycles. The monoisotopic (exact) mass is 345 g/mol. The number of carboxylic acid groups (broad SMARTS) is 2. The van der Waals surface area contributed by atoms with E-state index in [2.05, 4.69) is 20.9 Å². The molecule has 0 aliphatic carbocycles. The summed E-state index contributed by atoms with van der Waals surface area (Å²) in [7, 11) is 0. The van der Waals surface area contributed by atoms with Crippen molar-refractivity contribution in [3.8, 4) is 0 Å². The SMILES string of the molecule is O=C(O)CC(Sc1nc2cccc(Br)c2o1)C(=O)O. The van der Waals surface area contributed by atoms with E-state index in [0.717, 1.165) is 11.8 Å². The van der Waals surface area contributed by atoms with Gasteiger partial charge in [0.05, 0.1) is 10.9 Å². The number of halogens is 1. The van der Waals surface area contributed by atoms with E-state index < -0.39 is 23.6 Å². The van der Waals surface area contributed by atoms with Gasteiger partial charge in [-0.3, -0.25) is 9.59 Å². The Kier molecular flexibility index (Phi) is 4.11. The summed E-state index contributed by atoms with van der Waals surface area (Å²) in [5.74, 6) is -2.40. The van der Waals surface area contributed by atoms with E-state index in [1.807, 2.05) is 0 Å². The Morgan fingerprint density at radius 2 is 2.16 bits per heavy atom. The van der Waals surface area contributed by atoms with Crippen molar-refractivity contribution in [1.29, 1.82) is 0 Å². The van der Waals surface area contributed by atoms with Crippen LogP contribution in [0.4, 0.5) is 0 Å². The first-order valence-corrected chi connectivity index (χ1v) is 6.81. The van der Waals surface area contributed by atoms with E-state index in [-0.39, 0.29) is 5.22 Å². The fourth-order valence-electron chi connectivity index (χ4n) is 1.41. The van der Waals surface area contributed by atoms with Crippen molar-refractivity contribution in [2.45, 2.75) is 16.9 Å². The van der Waals surface area contributed by atoms with Crippen molar-refractivity contribution in [3.05, 3.63) is 22.7 Å². The van der Waals surface area contributed by atoms with E-state index in [4.69, 9.17) is 14.6 Å². The van der Waals surface area contributed by atoms with Crippen molar-refractivity contribution in [1.82, 2.24) is 4.98 Å². The maximum atomic E-state index is 11.0.